The molecule has 4 saturated heterocycles. The summed E-state index contributed by atoms with van der Waals surface area (Å²) >= 11 is 5.63. The number of esters is 1. The third-order valence-electron chi connectivity index (χ3n) is 21.1. The van der Waals surface area contributed by atoms with Gasteiger partial charge in [0.25, 0.3) is 0 Å². The zero-order valence-electron chi connectivity index (χ0n) is 63.6. The minimum atomic E-state index is -1.78. The number of unbranched alkanes of at least 4 members (excludes halogenated alkanes) is 1. The van der Waals surface area contributed by atoms with Crippen LogP contribution < -0.4 is 52.4 Å². The maximum Gasteiger partial charge on any atom is 0.340 e. The SMILES string of the molecule is COc1ccc(/C=N\O[C@H]2CCN(C(=O)C3CCCCN3C(=O)[C@H](C)NC(=O)[C@@H](NC(=O)[C@@H]3CCCN3C(=O)[C@H](CCC(=O)O)NC(=O)[C@@H]3CCCN3C(=O)CCCCNC(=S)Nc3ccc4c(c3)C3(OC4=O)c4ccc(O)cc4Oc4cc(O)ccc43)[C@@H](C)O)[C@@H]2C(=O)N[C@@H](CCC(=O)O)C(=O)N[C@@H](CCC(=O)O)C(N)=O)cc1O. The third-order valence-corrected chi connectivity index (χ3v) is 21.3. The molecule has 0 aliphatic carbocycles. The molecule has 6 aliphatic heterocycles. The molecule has 1 unspecified atom stereocenters. The average molecular weight is 1630 g/mol. The first-order valence-electron chi connectivity index (χ1n) is 38.0. The summed E-state index contributed by atoms with van der Waals surface area (Å²) < 4.78 is 17.3. The van der Waals surface area contributed by atoms with Gasteiger partial charge in [0.1, 0.15) is 71.3 Å². The Kier molecular flexibility index (Phi) is 28.3. The van der Waals surface area contributed by atoms with E-state index in [4.69, 9.17) is 37.0 Å². The highest BCUT2D eigenvalue weighted by atomic mass is 32.1. The van der Waals surface area contributed by atoms with Crippen molar-refractivity contribution in [2.45, 2.75) is 195 Å². The molecule has 11 atom stereocenters. The predicted octanol–water partition coefficient (Wildman–Crippen LogP) is 1.12. The fourth-order valence-electron chi connectivity index (χ4n) is 15.3. The van der Waals surface area contributed by atoms with Gasteiger partial charge in [0.2, 0.25) is 59.1 Å². The van der Waals surface area contributed by atoms with Crippen LogP contribution in [-0.4, -0.2) is 256 Å². The number of ether oxygens (including phenoxy) is 3. The summed E-state index contributed by atoms with van der Waals surface area (Å²) in [6, 6.07) is 4.59. The average Bonchev–Trinajstić information content (AvgIpc) is 1.50. The normalized spacial score (nSPS) is 19.9. The van der Waals surface area contributed by atoms with Crippen molar-refractivity contribution in [1.82, 2.24) is 51.5 Å². The Morgan fingerprint density at radius 2 is 1.22 bits per heavy atom. The summed E-state index contributed by atoms with van der Waals surface area (Å²) in [6.45, 7) is 2.65. The number of thiocarbonyl (C=S) groups is 1. The van der Waals surface area contributed by atoms with Crippen molar-refractivity contribution in [3.63, 3.8) is 0 Å². The molecule has 10 rings (SSSR count). The fourth-order valence-corrected chi connectivity index (χ4v) is 15.5. The van der Waals surface area contributed by atoms with Crippen molar-refractivity contribution >= 4 is 112 Å². The zero-order chi connectivity index (χ0) is 84.0. The molecule has 0 bridgehead atoms. The Bertz CT molecular complexity index is 4470. The molecule has 38 nitrogen and oxygen atoms in total. The molecule has 10 amide bonds. The molecular formula is C77H93N13O25S. The first-order valence-corrected chi connectivity index (χ1v) is 38.4. The summed E-state index contributed by atoms with van der Waals surface area (Å²) in [4.78, 5) is 201. The highest BCUT2D eigenvalue weighted by Crippen LogP contribution is 2.57. The molecule has 4 aromatic carbocycles. The lowest BCUT2D eigenvalue weighted by molar-refractivity contribution is -0.153. The van der Waals surface area contributed by atoms with Crippen molar-refractivity contribution in [1.29, 1.82) is 0 Å². The summed E-state index contributed by atoms with van der Waals surface area (Å²) in [5, 5.41) is 93.5. The number of amides is 10. The van der Waals surface area contributed by atoms with Crippen LogP contribution in [0.4, 0.5) is 5.69 Å². The number of aliphatic carboxylic acids is 3. The Morgan fingerprint density at radius 3 is 1.84 bits per heavy atom. The zero-order valence-corrected chi connectivity index (χ0v) is 64.4. The second-order valence-corrected chi connectivity index (χ2v) is 29.4. The quantitative estimate of drug-likeness (QED) is 0.0102. The van der Waals surface area contributed by atoms with Gasteiger partial charge in [0.15, 0.2) is 34.4 Å². The number of fused-ring (bicyclic) bond motifs is 6. The number of aromatic hydroxyl groups is 3. The highest BCUT2D eigenvalue weighted by Gasteiger charge is 2.55. The molecule has 6 aliphatic rings. The van der Waals surface area contributed by atoms with Crippen LogP contribution in [0.2, 0.25) is 0 Å². The Hall–Kier alpha value is -12.4. The molecule has 16 N–H and O–H groups in total. The number of phenolic OH excluding ortho intramolecular Hbond substituents is 3. The summed E-state index contributed by atoms with van der Waals surface area (Å²) in [7, 11) is 1.34. The van der Waals surface area contributed by atoms with Crippen molar-refractivity contribution < 1.29 is 122 Å². The lowest BCUT2D eigenvalue weighted by Crippen LogP contribution is -2.62. The van der Waals surface area contributed by atoms with Crippen LogP contribution in [0.1, 0.15) is 156 Å². The van der Waals surface area contributed by atoms with E-state index in [-0.39, 0.29) is 116 Å². The van der Waals surface area contributed by atoms with Gasteiger partial charge in [0, 0.05) is 99.3 Å². The molecule has 4 fully saturated rings. The number of phenols is 3. The molecule has 0 radical (unpaired) electrons. The highest BCUT2D eigenvalue weighted by molar-refractivity contribution is 7.80. The second kappa shape index (κ2) is 38.1. The predicted molar refractivity (Wildman–Crippen MR) is 409 cm³/mol. The van der Waals surface area contributed by atoms with E-state index in [1.165, 1.54) is 79.4 Å². The number of piperidine rings is 1. The number of methoxy groups -OCH3 is 1. The number of nitrogens with one attached hydrogen (secondary N) is 7. The van der Waals surface area contributed by atoms with Gasteiger partial charge < -0.3 is 117 Å². The van der Waals surface area contributed by atoms with Crippen LogP contribution in [-0.2, 0) is 77.5 Å². The summed E-state index contributed by atoms with van der Waals surface area (Å²) in [6.07, 6.45) is -2.77. The van der Waals surface area contributed by atoms with Crippen molar-refractivity contribution in [3.8, 4) is 34.5 Å². The lowest BCUT2D eigenvalue weighted by Gasteiger charge is -2.39. The van der Waals surface area contributed by atoms with Gasteiger partial charge in [-0.15, -0.1) is 0 Å². The minimum absolute atomic E-state index is 0.0161. The van der Waals surface area contributed by atoms with E-state index >= 15 is 4.79 Å². The molecule has 4 aromatic rings. The van der Waals surface area contributed by atoms with Gasteiger partial charge in [0.05, 0.1) is 25.0 Å². The number of nitrogens with zero attached hydrogens (tertiary/aromatic N) is 5. The number of primary amides is 1. The van der Waals surface area contributed by atoms with Gasteiger partial charge in [-0.05, 0) is 169 Å². The minimum Gasteiger partial charge on any atom is -0.508 e. The maximum atomic E-state index is 15.0. The van der Waals surface area contributed by atoms with Crippen LogP contribution in [0.15, 0.2) is 78.0 Å². The maximum absolute atomic E-state index is 15.0. The number of carbonyl (C=O) groups excluding carboxylic acids is 11. The Balaban J connectivity index is 0.738. The molecule has 0 saturated carbocycles. The number of anilines is 1. The summed E-state index contributed by atoms with van der Waals surface area (Å²) in [5.41, 5.74) is 6.30. The van der Waals surface area contributed by atoms with Crippen LogP contribution in [0.5, 0.6) is 34.5 Å². The molecule has 1 spiro atoms. The van der Waals surface area contributed by atoms with E-state index in [9.17, 15) is 98.1 Å². The number of hydrogen-bond acceptors (Lipinski definition) is 24. The largest absolute Gasteiger partial charge is 0.508 e. The first kappa shape index (κ1) is 86.0. The van der Waals surface area contributed by atoms with Gasteiger partial charge >= 0.3 is 23.9 Å². The molecule has 116 heavy (non-hydrogen) atoms. The fraction of sp³-hybridized carbons (Fsp3) is 0.481. The number of aliphatic hydroxyl groups is 1. The van der Waals surface area contributed by atoms with Crippen LogP contribution in [0.3, 0.4) is 0 Å². The van der Waals surface area contributed by atoms with E-state index in [1.54, 1.807) is 30.3 Å². The number of nitrogens with two attached hydrogens (primary N) is 1. The standard InChI is InChI=1S/C77H93N13O25S/c1-39(72(108)89-30-7-5-10-54(89)74(110)90-33-28-57(115-80-38-41-14-24-56(112-3)55(94)34-41)65(90)71(107)84-50(22-26-62(98)99)67(103)83-49(66(78)102)21-25-61(96)97)81-70(106)64(40(2)91)86-69(105)53-12-9-32-88(53)73(109)51(23-27-63(100)101)85-68(104)52-11-8-31-87(52)60(95)13-4-6-29-79-76(116)82-42-15-18-45-48(35-42)77(114-75(45)111)46-19-16-43(92)36-58(46)113-59-37-44(93)17-20-47(59)77/h14-20,24,34-40,49-54,57,64-65,91-94H,4-13,21-23,25-33H2,1-3H3,(H2,78,102)(H,81,106)(H,83,103)(H,84,107)(H,85,104)(H,86,105)(H,96,97)(H,98,99)(H,100,101)(H2,79,82,116)/b80-38-/t39-,40+,49-,50-,51-,52-,53-,54?,57-,64-,65-/m0/s1. The van der Waals surface area contributed by atoms with E-state index in [0.29, 0.717) is 66.6 Å². The van der Waals surface area contributed by atoms with E-state index < -0.39 is 188 Å². The number of hydrogen-bond donors (Lipinski definition) is 15. The smallest absolute Gasteiger partial charge is 0.340 e. The monoisotopic (exact) mass is 1630 g/mol. The van der Waals surface area contributed by atoms with Crippen molar-refractivity contribution in [2.24, 2.45) is 10.9 Å². The van der Waals surface area contributed by atoms with Crippen LogP contribution in [0, 0.1) is 0 Å². The molecule has 39 heteroatoms. The number of rotatable bonds is 34. The van der Waals surface area contributed by atoms with Crippen LogP contribution in [0.25, 0.3) is 0 Å². The van der Waals surface area contributed by atoms with E-state index in [1.807, 2.05) is 0 Å². The number of aliphatic hydroxyl groups excluding tert-OH is 1. The van der Waals surface area contributed by atoms with Gasteiger partial charge in [-0.1, -0.05) is 5.16 Å². The first-order chi connectivity index (χ1) is 55.3. The molecule has 6 heterocycles. The number of likely N-dealkylation sites (tertiary alicyclic amines) is 4. The Morgan fingerprint density at radius 1 is 0.621 bits per heavy atom. The van der Waals surface area contributed by atoms with Crippen molar-refractivity contribution in [3.05, 3.63) is 101 Å². The Labute approximate surface area is 669 Å². The third kappa shape index (κ3) is 20.2. The number of benzene rings is 4. The van der Waals surface area contributed by atoms with Gasteiger partial charge in [-0.25, -0.2) is 4.79 Å². The molecular weight excluding hydrogens is 1540 g/mol. The number of carboxylic acid groups (broad SMARTS) is 3. The topological polar surface area (TPSA) is 553 Å². The van der Waals surface area contributed by atoms with E-state index in [0.717, 1.165) is 9.80 Å². The van der Waals surface area contributed by atoms with Crippen molar-refractivity contribution in [2.75, 3.05) is 45.2 Å². The van der Waals surface area contributed by atoms with Gasteiger partial charge in [-0.2, -0.15) is 0 Å². The summed E-state index contributed by atoms with van der Waals surface area (Å²) in [5.74, 6) is -13.4. The number of carboxylic acids is 3. The van der Waals surface area contributed by atoms with E-state index in [2.05, 4.69) is 42.4 Å². The second-order valence-electron chi connectivity index (χ2n) is 29.0. The molecule has 0 aromatic heterocycles. The lowest BCUT2D eigenvalue weighted by atomic mass is 9.77. The van der Waals surface area contributed by atoms with Crippen LogP contribution >= 0.6 is 12.2 Å². The molecule has 622 valence electrons. The van der Waals surface area contributed by atoms with Gasteiger partial charge in [-0.3, -0.25) is 62.3 Å². The number of carbonyl (C=O) groups is 14. The number of oxime groups is 1.